The highest BCUT2D eigenvalue weighted by Crippen LogP contribution is 2.28. The van der Waals surface area contributed by atoms with E-state index in [9.17, 15) is 0 Å². The summed E-state index contributed by atoms with van der Waals surface area (Å²) in [5, 5.41) is 4.30. The van der Waals surface area contributed by atoms with Crippen LogP contribution in [0.1, 0.15) is 49.1 Å². The van der Waals surface area contributed by atoms with Gasteiger partial charge in [-0.1, -0.05) is 6.07 Å². The van der Waals surface area contributed by atoms with Gasteiger partial charge in [0.1, 0.15) is 5.82 Å². The smallest absolute Gasteiger partial charge is 0.173 e. The summed E-state index contributed by atoms with van der Waals surface area (Å²) in [6, 6.07) is 6.69. The molecule has 2 aromatic rings. The number of imidazole rings is 1. The van der Waals surface area contributed by atoms with Crippen molar-refractivity contribution < 1.29 is 9.47 Å². The van der Waals surface area contributed by atoms with Gasteiger partial charge < -0.3 is 24.3 Å². The van der Waals surface area contributed by atoms with Crippen molar-refractivity contribution in [3.05, 3.63) is 47.5 Å². The molecule has 0 amide bonds. The quantitative estimate of drug-likeness (QED) is 0.468. The minimum atomic E-state index is 0.470. The number of nitrogens with zero attached hydrogens (tertiary/aromatic N) is 3. The molecule has 168 valence electrons. The number of likely N-dealkylation sites (tertiary alicyclic amines) is 1. The molecule has 1 aromatic heterocycles. The van der Waals surface area contributed by atoms with Gasteiger partial charge >= 0.3 is 0 Å². The molecule has 2 heterocycles. The second-order valence-corrected chi connectivity index (χ2v) is 8.70. The van der Waals surface area contributed by atoms with Crippen LogP contribution in [0.15, 0.2) is 30.6 Å². The molecule has 0 unspecified atom stereocenters. The topological polar surface area (TPSA) is 51.6 Å². The number of fused-ring (bicyclic) bond motifs is 1. The fourth-order valence-corrected chi connectivity index (χ4v) is 4.89. The lowest BCUT2D eigenvalue weighted by atomic mass is 9.96. The lowest BCUT2D eigenvalue weighted by Crippen LogP contribution is -2.40. The van der Waals surface area contributed by atoms with Gasteiger partial charge in [-0.15, -0.1) is 0 Å². The molecule has 4 rings (SSSR count). The van der Waals surface area contributed by atoms with Crippen molar-refractivity contribution in [1.82, 2.24) is 14.5 Å². The van der Waals surface area contributed by atoms with E-state index in [-0.39, 0.29) is 0 Å². The number of piperidine rings is 1. The Balaban J connectivity index is 1.23. The first kappa shape index (κ1) is 22.2. The molecule has 0 radical (unpaired) electrons. The van der Waals surface area contributed by atoms with E-state index in [0.29, 0.717) is 25.7 Å². The average molecular weight is 443 g/mol. The number of thiocarbonyl (C=S) groups is 1. The maximum absolute atomic E-state index is 5.72. The van der Waals surface area contributed by atoms with E-state index >= 15 is 0 Å². The van der Waals surface area contributed by atoms with Crippen LogP contribution in [0.4, 0.5) is 5.69 Å². The molecule has 1 fully saturated rings. The normalized spacial score (nSPS) is 16.5. The van der Waals surface area contributed by atoms with Crippen LogP contribution >= 0.6 is 12.2 Å². The van der Waals surface area contributed by atoms with E-state index in [1.54, 1.807) is 0 Å². The molecule has 0 atom stereocenters. The Bertz CT molecular complexity index is 861. The summed E-state index contributed by atoms with van der Waals surface area (Å²) in [5.41, 5.74) is 4.08. The van der Waals surface area contributed by atoms with Crippen molar-refractivity contribution in [2.24, 2.45) is 0 Å². The third kappa shape index (κ3) is 5.84. The van der Waals surface area contributed by atoms with Gasteiger partial charge in [-0.2, -0.15) is 0 Å². The van der Waals surface area contributed by atoms with E-state index in [0.717, 1.165) is 49.9 Å². The largest absolute Gasteiger partial charge is 0.379 e. The van der Waals surface area contributed by atoms with Gasteiger partial charge in [0, 0.05) is 50.2 Å². The average Bonchev–Trinajstić information content (AvgIpc) is 3.45. The lowest BCUT2D eigenvalue weighted by molar-refractivity contribution is 0.0493. The summed E-state index contributed by atoms with van der Waals surface area (Å²) in [7, 11) is 0. The molecule has 0 spiro atoms. The molecule has 2 aliphatic rings. The molecular formula is C24H34N4O2S. The van der Waals surface area contributed by atoms with Crippen LogP contribution in [0.2, 0.25) is 0 Å². The minimum Gasteiger partial charge on any atom is -0.379 e. The zero-order chi connectivity index (χ0) is 21.5. The SMILES string of the molecule is CCOCCOCCn1ccnc1C1CCN(C(=S)Nc2ccc3c(c2)CCC3)CC1. The van der Waals surface area contributed by atoms with Gasteiger partial charge in [-0.3, -0.25) is 0 Å². The first-order valence-corrected chi connectivity index (χ1v) is 12.0. The van der Waals surface area contributed by atoms with Crippen LogP contribution in [0, 0.1) is 0 Å². The summed E-state index contributed by atoms with van der Waals surface area (Å²) in [5.74, 6) is 1.64. The van der Waals surface area contributed by atoms with Gasteiger partial charge in [0.25, 0.3) is 0 Å². The third-order valence-corrected chi connectivity index (χ3v) is 6.66. The summed E-state index contributed by atoms with van der Waals surface area (Å²) in [6.07, 6.45) is 9.76. The minimum absolute atomic E-state index is 0.470. The highest BCUT2D eigenvalue weighted by Gasteiger charge is 2.25. The van der Waals surface area contributed by atoms with Crippen molar-refractivity contribution in [3.8, 4) is 0 Å². The van der Waals surface area contributed by atoms with Crippen LogP contribution in [0.5, 0.6) is 0 Å². The van der Waals surface area contributed by atoms with Gasteiger partial charge in [-0.25, -0.2) is 4.98 Å². The van der Waals surface area contributed by atoms with Gasteiger partial charge in [-0.05, 0) is 74.5 Å². The fourth-order valence-electron chi connectivity index (χ4n) is 4.59. The molecular weight excluding hydrogens is 408 g/mol. The van der Waals surface area contributed by atoms with Gasteiger partial charge in [0.15, 0.2) is 5.11 Å². The number of rotatable bonds is 9. The maximum Gasteiger partial charge on any atom is 0.173 e. The molecule has 6 nitrogen and oxygen atoms in total. The first-order valence-electron chi connectivity index (χ1n) is 11.6. The van der Waals surface area contributed by atoms with Crippen molar-refractivity contribution in [3.63, 3.8) is 0 Å². The number of aromatic nitrogens is 2. The van der Waals surface area contributed by atoms with E-state index < -0.39 is 0 Å². The van der Waals surface area contributed by atoms with E-state index in [1.807, 2.05) is 13.1 Å². The monoisotopic (exact) mass is 442 g/mol. The molecule has 1 aliphatic carbocycles. The van der Waals surface area contributed by atoms with Crippen LogP contribution in [-0.4, -0.2) is 59.1 Å². The summed E-state index contributed by atoms with van der Waals surface area (Å²) in [6.45, 7) is 7.47. The van der Waals surface area contributed by atoms with E-state index in [2.05, 4.69) is 44.2 Å². The Morgan fingerprint density at radius 1 is 1.13 bits per heavy atom. The Labute approximate surface area is 190 Å². The maximum atomic E-state index is 5.72. The predicted octanol–water partition coefficient (Wildman–Crippen LogP) is 4.00. The van der Waals surface area contributed by atoms with Crippen molar-refractivity contribution >= 4 is 23.0 Å². The van der Waals surface area contributed by atoms with Gasteiger partial charge in [0.2, 0.25) is 0 Å². The van der Waals surface area contributed by atoms with Crippen LogP contribution in [0.3, 0.4) is 0 Å². The molecule has 1 aromatic carbocycles. The zero-order valence-electron chi connectivity index (χ0n) is 18.5. The summed E-state index contributed by atoms with van der Waals surface area (Å²) >= 11 is 5.72. The van der Waals surface area contributed by atoms with E-state index in [4.69, 9.17) is 21.7 Å². The fraction of sp³-hybridized carbons (Fsp3) is 0.583. The zero-order valence-corrected chi connectivity index (χ0v) is 19.3. The van der Waals surface area contributed by atoms with Crippen LogP contribution in [-0.2, 0) is 28.9 Å². The number of hydrogen-bond donors (Lipinski definition) is 1. The summed E-state index contributed by atoms with van der Waals surface area (Å²) in [4.78, 5) is 6.95. The Morgan fingerprint density at radius 2 is 1.94 bits per heavy atom. The number of aryl methyl sites for hydroxylation is 2. The van der Waals surface area contributed by atoms with Gasteiger partial charge in [0.05, 0.1) is 19.8 Å². The lowest BCUT2D eigenvalue weighted by Gasteiger charge is -2.33. The van der Waals surface area contributed by atoms with Crippen molar-refractivity contribution in [2.75, 3.05) is 44.8 Å². The number of nitrogens with one attached hydrogen (secondary N) is 1. The second kappa shape index (κ2) is 11.1. The molecule has 1 aliphatic heterocycles. The third-order valence-electron chi connectivity index (χ3n) is 6.30. The predicted molar refractivity (Wildman–Crippen MR) is 128 cm³/mol. The number of benzene rings is 1. The van der Waals surface area contributed by atoms with Crippen molar-refractivity contribution in [2.45, 2.75) is 51.5 Å². The van der Waals surface area contributed by atoms with E-state index in [1.165, 1.54) is 36.2 Å². The Kier molecular flexibility index (Phi) is 7.94. The highest BCUT2D eigenvalue weighted by atomic mass is 32.1. The Hall–Kier alpha value is -1.96. The highest BCUT2D eigenvalue weighted by molar-refractivity contribution is 7.80. The first-order chi connectivity index (χ1) is 15.2. The Morgan fingerprint density at radius 3 is 2.77 bits per heavy atom. The van der Waals surface area contributed by atoms with Crippen molar-refractivity contribution in [1.29, 1.82) is 0 Å². The summed E-state index contributed by atoms with van der Waals surface area (Å²) < 4.78 is 13.2. The molecule has 0 saturated carbocycles. The molecule has 0 bridgehead atoms. The molecule has 7 heteroatoms. The number of anilines is 1. The standard InChI is InChI=1S/C24H34N4O2S/c1-2-29-16-17-30-15-14-27-13-10-25-23(27)20-8-11-28(12-9-20)24(31)26-22-7-6-19-4-3-5-21(19)18-22/h6-7,10,13,18,20H,2-5,8-9,11-12,14-17H2,1H3,(H,26,31). The molecule has 1 saturated heterocycles. The second-order valence-electron chi connectivity index (χ2n) is 8.32. The van der Waals surface area contributed by atoms with Crippen LogP contribution in [0.25, 0.3) is 0 Å². The molecule has 1 N–H and O–H groups in total. The number of ether oxygens (including phenoxy) is 2. The number of hydrogen-bond acceptors (Lipinski definition) is 4. The molecule has 31 heavy (non-hydrogen) atoms. The van der Waals surface area contributed by atoms with Crippen LogP contribution < -0.4 is 5.32 Å².